The number of halogens is 2. The molecule has 1 atom stereocenters. The summed E-state index contributed by atoms with van der Waals surface area (Å²) in [7, 11) is 0. The number of benzene rings is 1. The van der Waals surface area contributed by atoms with Crippen LogP contribution in [0.2, 0.25) is 0 Å². The highest BCUT2D eigenvalue weighted by molar-refractivity contribution is 7.18. The van der Waals surface area contributed by atoms with Gasteiger partial charge < -0.3 is 5.32 Å². The van der Waals surface area contributed by atoms with Gasteiger partial charge in [0.1, 0.15) is 5.01 Å². The van der Waals surface area contributed by atoms with Gasteiger partial charge >= 0.3 is 0 Å². The highest BCUT2D eigenvalue weighted by atomic mass is 35.5. The van der Waals surface area contributed by atoms with Crippen LogP contribution in [-0.2, 0) is 6.54 Å². The van der Waals surface area contributed by atoms with E-state index >= 15 is 0 Å². The SMILES string of the molecule is C[C@@H]1CNCCN1Cc1nc2ccccc2s1.Cl.Cl. The van der Waals surface area contributed by atoms with Crippen molar-refractivity contribution in [2.45, 2.75) is 19.5 Å². The Bertz CT molecular complexity index is 484. The van der Waals surface area contributed by atoms with Gasteiger partial charge in [0.05, 0.1) is 16.8 Å². The van der Waals surface area contributed by atoms with E-state index in [2.05, 4.69) is 41.4 Å². The van der Waals surface area contributed by atoms with Crippen LogP contribution in [0.25, 0.3) is 10.2 Å². The Morgan fingerprint density at radius 3 is 2.89 bits per heavy atom. The smallest absolute Gasteiger partial charge is 0.108 e. The Labute approximate surface area is 130 Å². The van der Waals surface area contributed by atoms with Gasteiger partial charge in [-0.05, 0) is 19.1 Å². The molecule has 1 aromatic heterocycles. The minimum Gasteiger partial charge on any atom is -0.314 e. The van der Waals surface area contributed by atoms with Gasteiger partial charge in [-0.25, -0.2) is 4.98 Å². The van der Waals surface area contributed by atoms with E-state index in [-0.39, 0.29) is 24.8 Å². The molecule has 106 valence electrons. The molecule has 0 spiro atoms. The first-order valence-electron chi connectivity index (χ1n) is 6.12. The van der Waals surface area contributed by atoms with Crippen molar-refractivity contribution in [1.82, 2.24) is 15.2 Å². The molecule has 0 unspecified atom stereocenters. The number of thiazole rings is 1. The van der Waals surface area contributed by atoms with Gasteiger partial charge in [0.25, 0.3) is 0 Å². The fraction of sp³-hybridized carbons (Fsp3) is 0.462. The number of hydrogen-bond acceptors (Lipinski definition) is 4. The molecule has 0 radical (unpaired) electrons. The molecule has 3 rings (SSSR count). The van der Waals surface area contributed by atoms with Crippen molar-refractivity contribution in [2.24, 2.45) is 0 Å². The largest absolute Gasteiger partial charge is 0.314 e. The summed E-state index contributed by atoms with van der Waals surface area (Å²) in [4.78, 5) is 7.21. The average molecular weight is 320 g/mol. The van der Waals surface area contributed by atoms with Crippen LogP contribution in [0.1, 0.15) is 11.9 Å². The molecular formula is C13H19Cl2N3S. The van der Waals surface area contributed by atoms with Crippen LogP contribution < -0.4 is 5.32 Å². The van der Waals surface area contributed by atoms with E-state index in [0.717, 1.165) is 31.7 Å². The van der Waals surface area contributed by atoms with Crippen LogP contribution in [-0.4, -0.2) is 35.6 Å². The number of fused-ring (bicyclic) bond motifs is 1. The van der Waals surface area contributed by atoms with Crippen molar-refractivity contribution < 1.29 is 0 Å². The molecule has 0 aliphatic carbocycles. The van der Waals surface area contributed by atoms with Crippen molar-refractivity contribution in [1.29, 1.82) is 0 Å². The summed E-state index contributed by atoms with van der Waals surface area (Å²) in [5.74, 6) is 0. The minimum atomic E-state index is 0. The molecule has 1 aliphatic heterocycles. The van der Waals surface area contributed by atoms with Gasteiger partial charge in [-0.15, -0.1) is 36.2 Å². The first-order valence-corrected chi connectivity index (χ1v) is 6.94. The maximum absolute atomic E-state index is 4.70. The van der Waals surface area contributed by atoms with Gasteiger partial charge in [0, 0.05) is 25.7 Å². The van der Waals surface area contributed by atoms with Gasteiger partial charge in [-0.2, -0.15) is 0 Å². The fourth-order valence-electron chi connectivity index (χ4n) is 2.28. The Morgan fingerprint density at radius 2 is 2.16 bits per heavy atom. The van der Waals surface area contributed by atoms with E-state index < -0.39 is 0 Å². The van der Waals surface area contributed by atoms with Crippen molar-refractivity contribution in [2.75, 3.05) is 19.6 Å². The predicted octanol–water partition coefficient (Wildman–Crippen LogP) is 2.93. The van der Waals surface area contributed by atoms with Crippen molar-refractivity contribution in [3.8, 4) is 0 Å². The molecular weight excluding hydrogens is 301 g/mol. The number of rotatable bonds is 2. The minimum absolute atomic E-state index is 0. The van der Waals surface area contributed by atoms with Gasteiger partial charge in [0.15, 0.2) is 0 Å². The van der Waals surface area contributed by atoms with Crippen LogP contribution in [0.15, 0.2) is 24.3 Å². The van der Waals surface area contributed by atoms with E-state index in [1.165, 1.54) is 9.71 Å². The van der Waals surface area contributed by atoms with E-state index in [1.54, 1.807) is 0 Å². The van der Waals surface area contributed by atoms with Crippen molar-refractivity contribution >= 4 is 46.4 Å². The first kappa shape index (κ1) is 16.7. The maximum Gasteiger partial charge on any atom is 0.108 e. The summed E-state index contributed by atoms with van der Waals surface area (Å²) in [5, 5.41) is 4.65. The number of nitrogens with zero attached hydrogens (tertiary/aromatic N) is 2. The Balaban J connectivity index is 0.000000902. The quantitative estimate of drug-likeness (QED) is 0.922. The highest BCUT2D eigenvalue weighted by Crippen LogP contribution is 2.23. The van der Waals surface area contributed by atoms with Crippen LogP contribution in [0.3, 0.4) is 0 Å². The Kier molecular flexibility index (Phi) is 6.50. The second-order valence-electron chi connectivity index (χ2n) is 4.60. The Hall–Kier alpha value is -0.390. The lowest BCUT2D eigenvalue weighted by Gasteiger charge is -2.33. The molecule has 1 N–H and O–H groups in total. The summed E-state index contributed by atoms with van der Waals surface area (Å²) in [6.07, 6.45) is 0. The van der Waals surface area contributed by atoms with Gasteiger partial charge in [0.2, 0.25) is 0 Å². The lowest BCUT2D eigenvalue weighted by Crippen LogP contribution is -2.49. The highest BCUT2D eigenvalue weighted by Gasteiger charge is 2.19. The maximum atomic E-state index is 4.70. The fourth-order valence-corrected chi connectivity index (χ4v) is 3.27. The number of hydrogen-bond donors (Lipinski definition) is 1. The second kappa shape index (κ2) is 7.41. The zero-order valence-corrected chi connectivity index (χ0v) is 13.3. The molecule has 19 heavy (non-hydrogen) atoms. The molecule has 0 amide bonds. The molecule has 6 heteroatoms. The zero-order valence-electron chi connectivity index (χ0n) is 10.8. The number of para-hydroxylation sites is 1. The Morgan fingerprint density at radius 1 is 1.37 bits per heavy atom. The average Bonchev–Trinajstić information content (AvgIpc) is 2.74. The topological polar surface area (TPSA) is 28.2 Å². The molecule has 1 aliphatic rings. The van der Waals surface area contributed by atoms with Gasteiger partial charge in [-0.3, -0.25) is 4.90 Å². The number of piperazine rings is 1. The first-order chi connectivity index (χ1) is 8.33. The monoisotopic (exact) mass is 319 g/mol. The molecule has 1 saturated heterocycles. The normalized spacial score (nSPS) is 19.7. The molecule has 1 fully saturated rings. The van der Waals surface area contributed by atoms with E-state index in [0.29, 0.717) is 6.04 Å². The summed E-state index contributed by atoms with van der Waals surface area (Å²) in [6.45, 7) is 6.57. The molecule has 2 heterocycles. The summed E-state index contributed by atoms with van der Waals surface area (Å²) < 4.78 is 1.30. The van der Waals surface area contributed by atoms with Crippen LogP contribution in [0.5, 0.6) is 0 Å². The zero-order chi connectivity index (χ0) is 11.7. The summed E-state index contributed by atoms with van der Waals surface area (Å²) >= 11 is 1.82. The van der Waals surface area contributed by atoms with Crippen LogP contribution >= 0.6 is 36.2 Å². The van der Waals surface area contributed by atoms with Gasteiger partial charge in [-0.1, -0.05) is 12.1 Å². The van der Waals surface area contributed by atoms with E-state index in [1.807, 2.05) is 11.3 Å². The lowest BCUT2D eigenvalue weighted by atomic mass is 10.2. The van der Waals surface area contributed by atoms with E-state index in [4.69, 9.17) is 4.98 Å². The van der Waals surface area contributed by atoms with Crippen molar-refractivity contribution in [3.05, 3.63) is 29.3 Å². The standard InChI is InChI=1S/C13H17N3S.2ClH/c1-10-8-14-6-7-16(10)9-13-15-11-4-2-3-5-12(11)17-13;;/h2-5,10,14H,6-9H2,1H3;2*1H/t10-;;/m1../s1. The summed E-state index contributed by atoms with van der Waals surface area (Å²) in [6, 6.07) is 8.99. The van der Waals surface area contributed by atoms with E-state index in [9.17, 15) is 0 Å². The third-order valence-electron chi connectivity index (χ3n) is 3.32. The van der Waals surface area contributed by atoms with Crippen LogP contribution in [0.4, 0.5) is 0 Å². The third kappa shape index (κ3) is 3.80. The molecule has 1 aromatic carbocycles. The van der Waals surface area contributed by atoms with Crippen molar-refractivity contribution in [3.63, 3.8) is 0 Å². The molecule has 3 nitrogen and oxygen atoms in total. The van der Waals surface area contributed by atoms with Crippen LogP contribution in [0, 0.1) is 0 Å². The predicted molar refractivity (Wildman–Crippen MR) is 86.9 cm³/mol. The second-order valence-corrected chi connectivity index (χ2v) is 5.71. The molecule has 2 aromatic rings. The third-order valence-corrected chi connectivity index (χ3v) is 4.34. The lowest BCUT2D eigenvalue weighted by molar-refractivity contribution is 0.165. The number of nitrogens with one attached hydrogen (secondary N) is 1. The summed E-state index contributed by atoms with van der Waals surface area (Å²) in [5.41, 5.74) is 1.13. The molecule has 0 saturated carbocycles. The number of aromatic nitrogens is 1. The molecule has 0 bridgehead atoms.